The molecule has 0 heterocycles. The van der Waals surface area contributed by atoms with Crippen molar-refractivity contribution in [3.05, 3.63) is 82.9 Å². The second-order valence-corrected chi connectivity index (χ2v) is 8.98. The zero-order valence-electron chi connectivity index (χ0n) is 16.6. The number of halogens is 2. The van der Waals surface area contributed by atoms with E-state index in [1.54, 1.807) is 0 Å². The van der Waals surface area contributed by atoms with Gasteiger partial charge in [-0.2, -0.15) is 0 Å². The standard InChI is InChI=1S/C25H30Br2/c1-4-5-6-7-8-21(17-24(26)22-13-9-19(2)10-14-22)18-25(27)23-15-11-20(3)12-16-23/h9-18,21H,4-8H2,1-3H3/b24-17-,25-18+. The van der Waals surface area contributed by atoms with E-state index in [1.165, 1.54) is 63.3 Å². The molecule has 2 aromatic carbocycles. The maximum Gasteiger partial charge on any atom is 0.0213 e. The molecule has 0 nitrogen and oxygen atoms in total. The Morgan fingerprint density at radius 3 is 1.59 bits per heavy atom. The third-order valence-corrected chi connectivity index (χ3v) is 6.21. The summed E-state index contributed by atoms with van der Waals surface area (Å²) in [6.07, 6.45) is 11.0. The van der Waals surface area contributed by atoms with E-state index in [4.69, 9.17) is 0 Å². The number of unbranched alkanes of at least 4 members (excludes halogenated alkanes) is 3. The van der Waals surface area contributed by atoms with Crippen LogP contribution in [0.2, 0.25) is 0 Å². The second-order valence-electron chi connectivity index (χ2n) is 7.27. The molecule has 0 aliphatic heterocycles. The molecule has 0 spiro atoms. The molecular formula is C25H30Br2. The van der Waals surface area contributed by atoms with Crippen LogP contribution in [0.3, 0.4) is 0 Å². The first-order valence-electron chi connectivity index (χ1n) is 9.88. The molecule has 2 rings (SSSR count). The summed E-state index contributed by atoms with van der Waals surface area (Å²) in [4.78, 5) is 0. The van der Waals surface area contributed by atoms with Crippen molar-refractivity contribution in [3.63, 3.8) is 0 Å². The lowest BCUT2D eigenvalue weighted by Gasteiger charge is -2.12. The van der Waals surface area contributed by atoms with E-state index in [9.17, 15) is 0 Å². The average molecular weight is 490 g/mol. The molecule has 144 valence electrons. The molecule has 0 aliphatic carbocycles. The molecule has 0 bridgehead atoms. The lowest BCUT2D eigenvalue weighted by Crippen LogP contribution is -1.95. The highest BCUT2D eigenvalue weighted by molar-refractivity contribution is 9.15. The van der Waals surface area contributed by atoms with Crippen LogP contribution in [0.25, 0.3) is 8.96 Å². The van der Waals surface area contributed by atoms with E-state index in [2.05, 4.69) is 113 Å². The summed E-state index contributed by atoms with van der Waals surface area (Å²) >= 11 is 7.61. The number of hydrogen-bond donors (Lipinski definition) is 0. The van der Waals surface area contributed by atoms with Crippen molar-refractivity contribution in [1.29, 1.82) is 0 Å². The van der Waals surface area contributed by atoms with Gasteiger partial charge in [-0.15, -0.1) is 0 Å². The Hall–Kier alpha value is -1.12. The molecule has 2 heteroatoms. The topological polar surface area (TPSA) is 0 Å². The fraction of sp³-hybridized carbons (Fsp3) is 0.360. The van der Waals surface area contributed by atoms with Gasteiger partial charge in [0.1, 0.15) is 0 Å². The fourth-order valence-electron chi connectivity index (χ4n) is 3.02. The summed E-state index contributed by atoms with van der Waals surface area (Å²) in [6, 6.07) is 17.4. The molecular weight excluding hydrogens is 460 g/mol. The van der Waals surface area contributed by atoms with Gasteiger partial charge in [-0.3, -0.25) is 0 Å². The zero-order chi connectivity index (χ0) is 19.6. The minimum Gasteiger partial charge on any atom is -0.0654 e. The Morgan fingerprint density at radius 2 is 1.19 bits per heavy atom. The van der Waals surface area contributed by atoms with Crippen molar-refractivity contribution in [1.82, 2.24) is 0 Å². The van der Waals surface area contributed by atoms with Crippen LogP contribution in [0, 0.1) is 19.8 Å². The van der Waals surface area contributed by atoms with Gasteiger partial charge in [0.2, 0.25) is 0 Å². The van der Waals surface area contributed by atoms with Gasteiger partial charge in [0.25, 0.3) is 0 Å². The van der Waals surface area contributed by atoms with Gasteiger partial charge in [0, 0.05) is 8.96 Å². The van der Waals surface area contributed by atoms with Crippen LogP contribution in [-0.2, 0) is 0 Å². The summed E-state index contributed by atoms with van der Waals surface area (Å²) in [6.45, 7) is 6.51. The number of benzene rings is 2. The van der Waals surface area contributed by atoms with Crippen molar-refractivity contribution < 1.29 is 0 Å². The molecule has 0 N–H and O–H groups in total. The second kappa shape index (κ2) is 11.7. The monoisotopic (exact) mass is 488 g/mol. The Morgan fingerprint density at radius 1 is 0.741 bits per heavy atom. The number of aryl methyl sites for hydroxylation is 2. The van der Waals surface area contributed by atoms with Gasteiger partial charge >= 0.3 is 0 Å². The molecule has 27 heavy (non-hydrogen) atoms. The molecule has 2 aromatic rings. The van der Waals surface area contributed by atoms with Crippen LogP contribution in [0.5, 0.6) is 0 Å². The summed E-state index contributed by atoms with van der Waals surface area (Å²) in [5.74, 6) is 0.396. The molecule has 0 aliphatic rings. The van der Waals surface area contributed by atoms with Crippen LogP contribution >= 0.6 is 31.9 Å². The molecule has 1 unspecified atom stereocenters. The van der Waals surface area contributed by atoms with Crippen molar-refractivity contribution in [2.75, 3.05) is 0 Å². The predicted octanol–water partition coefficient (Wildman–Crippen LogP) is 9.06. The SMILES string of the molecule is CCCCCCC(/C=C(\Br)c1ccc(C)cc1)/C=C(/Br)c1ccc(C)cc1. The lowest BCUT2D eigenvalue weighted by molar-refractivity contribution is 0.591. The third-order valence-electron chi connectivity index (χ3n) is 4.77. The van der Waals surface area contributed by atoms with Crippen LogP contribution in [0.15, 0.2) is 60.7 Å². The van der Waals surface area contributed by atoms with Gasteiger partial charge < -0.3 is 0 Å². The normalized spacial score (nSPS) is 13.7. The minimum absolute atomic E-state index is 0.396. The zero-order valence-corrected chi connectivity index (χ0v) is 19.8. The van der Waals surface area contributed by atoms with E-state index >= 15 is 0 Å². The van der Waals surface area contributed by atoms with Gasteiger partial charge in [-0.1, -0.05) is 136 Å². The fourth-order valence-corrected chi connectivity index (χ4v) is 4.22. The summed E-state index contributed by atoms with van der Waals surface area (Å²) in [5, 5.41) is 0. The highest BCUT2D eigenvalue weighted by Gasteiger charge is 2.08. The Balaban J connectivity index is 2.21. The summed E-state index contributed by atoms with van der Waals surface area (Å²) in [7, 11) is 0. The minimum atomic E-state index is 0.396. The van der Waals surface area contributed by atoms with Crippen LogP contribution in [0.4, 0.5) is 0 Å². The summed E-state index contributed by atoms with van der Waals surface area (Å²) in [5.41, 5.74) is 5.05. The Kier molecular flexibility index (Phi) is 9.58. The van der Waals surface area contributed by atoms with Gasteiger partial charge in [0.05, 0.1) is 0 Å². The van der Waals surface area contributed by atoms with E-state index in [-0.39, 0.29) is 0 Å². The molecule has 0 amide bonds. The van der Waals surface area contributed by atoms with Crippen molar-refractivity contribution >= 4 is 40.8 Å². The Bertz CT molecular complexity index is 690. The summed E-state index contributed by atoms with van der Waals surface area (Å²) < 4.78 is 2.34. The molecule has 1 atom stereocenters. The first-order valence-corrected chi connectivity index (χ1v) is 11.5. The highest BCUT2D eigenvalue weighted by atomic mass is 79.9. The number of allylic oxidation sites excluding steroid dienone is 2. The molecule has 0 fully saturated rings. The largest absolute Gasteiger partial charge is 0.0654 e. The highest BCUT2D eigenvalue weighted by Crippen LogP contribution is 2.30. The maximum absolute atomic E-state index is 3.81. The van der Waals surface area contributed by atoms with Crippen LogP contribution in [0.1, 0.15) is 61.3 Å². The molecule has 0 aromatic heterocycles. The van der Waals surface area contributed by atoms with Crippen molar-refractivity contribution in [3.8, 4) is 0 Å². The smallest absolute Gasteiger partial charge is 0.0213 e. The average Bonchev–Trinajstić information content (AvgIpc) is 2.66. The predicted molar refractivity (Wildman–Crippen MR) is 128 cm³/mol. The quantitative estimate of drug-likeness (QED) is 0.308. The van der Waals surface area contributed by atoms with E-state index in [0.29, 0.717) is 5.92 Å². The first kappa shape index (κ1) is 22.2. The van der Waals surface area contributed by atoms with Crippen LogP contribution in [-0.4, -0.2) is 0 Å². The van der Waals surface area contributed by atoms with Gasteiger partial charge in [-0.05, 0) is 37.3 Å². The number of hydrogen-bond acceptors (Lipinski definition) is 0. The third kappa shape index (κ3) is 7.79. The van der Waals surface area contributed by atoms with Crippen molar-refractivity contribution in [2.24, 2.45) is 5.92 Å². The Labute approximate surface area is 182 Å². The van der Waals surface area contributed by atoms with Gasteiger partial charge in [-0.25, -0.2) is 0 Å². The van der Waals surface area contributed by atoms with Crippen molar-refractivity contribution in [2.45, 2.75) is 52.9 Å². The first-order chi connectivity index (χ1) is 13.0. The molecule has 0 radical (unpaired) electrons. The lowest BCUT2D eigenvalue weighted by atomic mass is 9.97. The molecule has 0 saturated heterocycles. The van der Waals surface area contributed by atoms with Gasteiger partial charge in [0.15, 0.2) is 0 Å². The van der Waals surface area contributed by atoms with E-state index in [0.717, 1.165) is 0 Å². The van der Waals surface area contributed by atoms with E-state index < -0.39 is 0 Å². The number of rotatable bonds is 9. The maximum atomic E-state index is 3.81. The van der Waals surface area contributed by atoms with E-state index in [1.807, 2.05) is 0 Å². The van der Waals surface area contributed by atoms with Crippen LogP contribution < -0.4 is 0 Å². The molecule has 0 saturated carbocycles.